The minimum atomic E-state index is 0.786. The molecule has 0 aliphatic carbocycles. The van der Waals surface area contributed by atoms with E-state index in [1.807, 2.05) is 0 Å². The molecule has 0 spiro atoms. The zero-order valence-electron chi connectivity index (χ0n) is 10.6. The molecule has 96 valence electrons. The van der Waals surface area contributed by atoms with E-state index in [1.54, 1.807) is 5.56 Å². The maximum absolute atomic E-state index is 3.52. The number of thioether (sulfide) groups is 1. The smallest absolute Gasteiger partial charge is 0.0263 e. The molecule has 1 aromatic carbocycles. The van der Waals surface area contributed by atoms with E-state index in [2.05, 4.69) is 46.2 Å². The van der Waals surface area contributed by atoms with Gasteiger partial charge in [-0.3, -0.25) is 0 Å². The van der Waals surface area contributed by atoms with Crippen LogP contribution in [0.2, 0.25) is 0 Å². The Labute approximate surface area is 113 Å². The molecule has 3 aliphatic rings. The molecule has 2 nitrogen and oxygen atoms in total. The van der Waals surface area contributed by atoms with E-state index in [0.717, 1.165) is 17.1 Å². The fourth-order valence-corrected chi connectivity index (χ4v) is 5.11. The standard InChI is InChI=1S/C15H20N2S/c1-2-4-15-11(3-1)5-14(18-15)10-17-8-12-6-16-7-13(12)9-17/h1-4,12-14,16H,5-10H2. The monoisotopic (exact) mass is 260 g/mol. The van der Waals surface area contributed by atoms with Crippen LogP contribution in [0, 0.1) is 11.8 Å². The van der Waals surface area contributed by atoms with Gasteiger partial charge in [-0.05, 0) is 43.0 Å². The molecule has 1 aromatic rings. The van der Waals surface area contributed by atoms with Gasteiger partial charge in [0.2, 0.25) is 0 Å². The quantitative estimate of drug-likeness (QED) is 0.874. The van der Waals surface area contributed by atoms with Crippen LogP contribution in [-0.4, -0.2) is 42.9 Å². The molecule has 0 amide bonds. The molecule has 18 heavy (non-hydrogen) atoms. The van der Waals surface area contributed by atoms with Gasteiger partial charge in [0.25, 0.3) is 0 Å². The van der Waals surface area contributed by atoms with Gasteiger partial charge in [0.05, 0.1) is 0 Å². The molecule has 3 unspecified atom stereocenters. The molecule has 1 N–H and O–H groups in total. The maximum Gasteiger partial charge on any atom is 0.0263 e. The first kappa shape index (κ1) is 11.3. The van der Waals surface area contributed by atoms with Crippen LogP contribution >= 0.6 is 11.8 Å². The Morgan fingerprint density at radius 2 is 1.94 bits per heavy atom. The van der Waals surface area contributed by atoms with Crippen molar-refractivity contribution in [2.75, 3.05) is 32.7 Å². The van der Waals surface area contributed by atoms with Gasteiger partial charge >= 0.3 is 0 Å². The predicted molar refractivity (Wildman–Crippen MR) is 76.1 cm³/mol. The highest BCUT2D eigenvalue weighted by atomic mass is 32.2. The van der Waals surface area contributed by atoms with Crippen LogP contribution in [0.25, 0.3) is 0 Å². The molecule has 0 aromatic heterocycles. The molecular formula is C15H20N2S. The first-order valence-corrected chi connectivity index (χ1v) is 7.94. The number of likely N-dealkylation sites (tertiary alicyclic amines) is 1. The second-order valence-electron chi connectivity index (χ2n) is 5.95. The van der Waals surface area contributed by atoms with Gasteiger partial charge < -0.3 is 10.2 Å². The van der Waals surface area contributed by atoms with Gasteiger partial charge in [-0.2, -0.15) is 0 Å². The van der Waals surface area contributed by atoms with Crippen LogP contribution in [0.3, 0.4) is 0 Å². The van der Waals surface area contributed by atoms with Crippen LogP contribution in [0.5, 0.6) is 0 Å². The van der Waals surface area contributed by atoms with Crippen molar-refractivity contribution in [2.45, 2.75) is 16.6 Å². The summed E-state index contributed by atoms with van der Waals surface area (Å²) in [5, 5.41) is 4.31. The van der Waals surface area contributed by atoms with Crippen molar-refractivity contribution in [1.29, 1.82) is 0 Å². The summed E-state index contributed by atoms with van der Waals surface area (Å²) in [5.74, 6) is 1.86. The van der Waals surface area contributed by atoms with E-state index in [-0.39, 0.29) is 0 Å². The van der Waals surface area contributed by atoms with Gasteiger partial charge in [0, 0.05) is 29.8 Å². The highest BCUT2D eigenvalue weighted by Gasteiger charge is 2.37. The van der Waals surface area contributed by atoms with Crippen molar-refractivity contribution in [3.63, 3.8) is 0 Å². The van der Waals surface area contributed by atoms with Crippen molar-refractivity contribution in [2.24, 2.45) is 11.8 Å². The van der Waals surface area contributed by atoms with Gasteiger partial charge in [-0.1, -0.05) is 18.2 Å². The summed E-state index contributed by atoms with van der Waals surface area (Å²) in [7, 11) is 0. The third-order valence-electron chi connectivity index (χ3n) is 4.64. The topological polar surface area (TPSA) is 15.3 Å². The maximum atomic E-state index is 3.52. The average Bonchev–Trinajstić information content (AvgIpc) is 3.01. The summed E-state index contributed by atoms with van der Waals surface area (Å²) >= 11 is 2.09. The van der Waals surface area contributed by atoms with Crippen LogP contribution in [0.15, 0.2) is 29.2 Å². The van der Waals surface area contributed by atoms with Crippen molar-refractivity contribution >= 4 is 11.8 Å². The second-order valence-corrected chi connectivity index (χ2v) is 7.29. The third kappa shape index (κ3) is 1.98. The van der Waals surface area contributed by atoms with Crippen molar-refractivity contribution in [3.8, 4) is 0 Å². The molecule has 3 atom stereocenters. The lowest BCUT2D eigenvalue weighted by molar-refractivity contribution is 0.314. The molecule has 0 bridgehead atoms. The number of benzene rings is 1. The first-order valence-electron chi connectivity index (χ1n) is 7.06. The number of fused-ring (bicyclic) bond motifs is 2. The molecule has 4 rings (SSSR count). The minimum absolute atomic E-state index is 0.786. The van der Waals surface area contributed by atoms with E-state index >= 15 is 0 Å². The van der Waals surface area contributed by atoms with Crippen molar-refractivity contribution in [1.82, 2.24) is 10.2 Å². The van der Waals surface area contributed by atoms with E-state index < -0.39 is 0 Å². The highest BCUT2D eigenvalue weighted by molar-refractivity contribution is 8.00. The zero-order chi connectivity index (χ0) is 11.9. The van der Waals surface area contributed by atoms with Crippen LogP contribution in [0.4, 0.5) is 0 Å². The Balaban J connectivity index is 1.38. The molecule has 0 radical (unpaired) electrons. The lowest BCUT2D eigenvalue weighted by atomic mass is 10.0. The van der Waals surface area contributed by atoms with Crippen molar-refractivity contribution in [3.05, 3.63) is 29.8 Å². The first-order chi connectivity index (χ1) is 8.88. The zero-order valence-corrected chi connectivity index (χ0v) is 11.5. The van der Waals surface area contributed by atoms with Crippen LogP contribution < -0.4 is 5.32 Å². The molecule has 2 fully saturated rings. The summed E-state index contributed by atoms with van der Waals surface area (Å²) in [5.41, 5.74) is 1.56. The Kier molecular flexibility index (Phi) is 2.86. The number of hydrogen-bond donors (Lipinski definition) is 1. The van der Waals surface area contributed by atoms with Crippen LogP contribution in [0.1, 0.15) is 5.56 Å². The predicted octanol–water partition coefficient (Wildman–Crippen LogP) is 1.85. The molecule has 3 heterocycles. The average molecular weight is 260 g/mol. The summed E-state index contributed by atoms with van der Waals surface area (Å²) in [6.07, 6.45) is 1.27. The highest BCUT2D eigenvalue weighted by Crippen LogP contribution is 2.38. The fourth-order valence-electron chi connectivity index (χ4n) is 3.75. The third-order valence-corrected chi connectivity index (χ3v) is 5.94. The van der Waals surface area contributed by atoms with E-state index in [9.17, 15) is 0 Å². The van der Waals surface area contributed by atoms with E-state index in [4.69, 9.17) is 0 Å². The number of nitrogens with one attached hydrogen (secondary N) is 1. The summed E-state index contributed by atoms with van der Waals surface area (Å²) < 4.78 is 0. The normalized spacial score (nSPS) is 34.8. The molecule has 2 saturated heterocycles. The summed E-state index contributed by atoms with van der Waals surface area (Å²) in [6, 6.07) is 8.92. The minimum Gasteiger partial charge on any atom is -0.316 e. The molecule has 3 aliphatic heterocycles. The number of hydrogen-bond acceptors (Lipinski definition) is 3. The summed E-state index contributed by atoms with van der Waals surface area (Å²) in [4.78, 5) is 4.23. The SMILES string of the molecule is c1ccc2c(c1)CC(CN1CC3CNCC3C1)S2. The van der Waals surface area contributed by atoms with Gasteiger partial charge in [0.15, 0.2) is 0 Å². The number of rotatable bonds is 2. The van der Waals surface area contributed by atoms with Gasteiger partial charge in [-0.15, -0.1) is 11.8 Å². The Bertz CT molecular complexity index is 411. The Morgan fingerprint density at radius 1 is 1.17 bits per heavy atom. The fraction of sp³-hybridized carbons (Fsp3) is 0.600. The number of nitrogens with zero attached hydrogens (tertiary/aromatic N) is 1. The van der Waals surface area contributed by atoms with E-state index in [1.165, 1.54) is 44.0 Å². The van der Waals surface area contributed by atoms with Crippen LogP contribution in [-0.2, 0) is 6.42 Å². The van der Waals surface area contributed by atoms with Gasteiger partial charge in [-0.25, -0.2) is 0 Å². The van der Waals surface area contributed by atoms with Crippen molar-refractivity contribution < 1.29 is 0 Å². The Morgan fingerprint density at radius 3 is 2.72 bits per heavy atom. The van der Waals surface area contributed by atoms with Gasteiger partial charge in [0.1, 0.15) is 0 Å². The molecule has 3 heteroatoms. The second kappa shape index (κ2) is 4.55. The van der Waals surface area contributed by atoms with E-state index in [0.29, 0.717) is 0 Å². The summed E-state index contributed by atoms with van der Waals surface area (Å²) in [6.45, 7) is 6.43. The largest absolute Gasteiger partial charge is 0.316 e. The lowest BCUT2D eigenvalue weighted by Gasteiger charge is -2.20. The Hall–Kier alpha value is -0.510. The molecular weight excluding hydrogens is 240 g/mol. The lowest BCUT2D eigenvalue weighted by Crippen LogP contribution is -2.31. The molecule has 0 saturated carbocycles.